The Bertz CT molecular complexity index is 686. The van der Waals surface area contributed by atoms with E-state index >= 15 is 0 Å². The fourth-order valence-corrected chi connectivity index (χ4v) is 2.48. The van der Waals surface area contributed by atoms with Crippen LogP contribution in [0.4, 0.5) is 0 Å². The van der Waals surface area contributed by atoms with E-state index in [2.05, 4.69) is 9.97 Å². The molecule has 1 N–H and O–H groups in total. The number of carbonyl (C=O) groups excluding carboxylic acids is 1. The van der Waals surface area contributed by atoms with E-state index < -0.39 is 6.61 Å². The van der Waals surface area contributed by atoms with E-state index in [9.17, 15) is 4.79 Å². The highest BCUT2D eigenvalue weighted by atomic mass is 16.5. The normalized spacial score (nSPS) is 13.1. The monoisotopic (exact) mass is 299 g/mol. The molecule has 1 aliphatic heterocycles. The highest BCUT2D eigenvalue weighted by Crippen LogP contribution is 2.21. The number of amides is 1. The van der Waals surface area contributed by atoms with E-state index in [4.69, 9.17) is 9.84 Å². The maximum absolute atomic E-state index is 11.5. The van der Waals surface area contributed by atoms with Crippen molar-refractivity contribution in [2.24, 2.45) is 0 Å². The van der Waals surface area contributed by atoms with Crippen LogP contribution in [0.1, 0.15) is 22.6 Å². The largest absolute Gasteiger partial charge is 0.497 e. The fraction of sp³-hybridized carbons (Fsp3) is 0.312. The number of rotatable bonds is 4. The van der Waals surface area contributed by atoms with Crippen LogP contribution in [0.2, 0.25) is 0 Å². The van der Waals surface area contributed by atoms with Crippen LogP contribution >= 0.6 is 0 Å². The Labute approximate surface area is 128 Å². The van der Waals surface area contributed by atoms with Crippen molar-refractivity contribution in [1.29, 1.82) is 0 Å². The molecule has 0 bridgehead atoms. The summed E-state index contributed by atoms with van der Waals surface area (Å²) in [6, 6.07) is 7.78. The minimum absolute atomic E-state index is 0.283. The van der Waals surface area contributed by atoms with Crippen LogP contribution in [0, 0.1) is 0 Å². The second-order valence-electron chi connectivity index (χ2n) is 5.19. The molecule has 0 atom stereocenters. The summed E-state index contributed by atoms with van der Waals surface area (Å²) >= 11 is 0. The van der Waals surface area contributed by atoms with Gasteiger partial charge in [0.2, 0.25) is 5.91 Å². The van der Waals surface area contributed by atoms with E-state index in [1.54, 1.807) is 18.2 Å². The van der Waals surface area contributed by atoms with Crippen LogP contribution in [-0.2, 0) is 24.3 Å². The lowest BCUT2D eigenvalue weighted by atomic mass is 10.1. The number of fused-ring (bicyclic) bond motifs is 1. The molecule has 1 aromatic carbocycles. The first kappa shape index (κ1) is 14.5. The smallest absolute Gasteiger partial charge is 0.248 e. The molecule has 6 heteroatoms. The van der Waals surface area contributed by atoms with Crippen molar-refractivity contribution < 1.29 is 14.6 Å². The lowest BCUT2D eigenvalue weighted by Gasteiger charge is -2.12. The summed E-state index contributed by atoms with van der Waals surface area (Å²) in [6.45, 7) is 0.435. The Morgan fingerprint density at radius 3 is 2.77 bits per heavy atom. The zero-order valence-electron chi connectivity index (χ0n) is 12.3. The zero-order valence-corrected chi connectivity index (χ0v) is 12.3. The van der Waals surface area contributed by atoms with Crippen molar-refractivity contribution in [3.63, 3.8) is 0 Å². The predicted molar refractivity (Wildman–Crippen MR) is 79.2 cm³/mol. The van der Waals surface area contributed by atoms with Crippen molar-refractivity contribution in [2.75, 3.05) is 13.7 Å². The van der Waals surface area contributed by atoms with Gasteiger partial charge in [-0.3, -0.25) is 4.79 Å². The standard InChI is InChI=1S/C16H17N3O3/c1-22-13-4-2-11(3-5-13)6-15-17-7-12-8-19(16(21)10-20)9-14(12)18-15/h2-5,7,20H,6,8-10H2,1H3. The quantitative estimate of drug-likeness (QED) is 0.908. The minimum Gasteiger partial charge on any atom is -0.497 e. The molecule has 1 amide bonds. The topological polar surface area (TPSA) is 75.6 Å². The average molecular weight is 299 g/mol. The molecule has 22 heavy (non-hydrogen) atoms. The molecule has 2 heterocycles. The van der Waals surface area contributed by atoms with Gasteiger partial charge in [-0.05, 0) is 17.7 Å². The molecule has 3 rings (SSSR count). The molecule has 114 valence electrons. The van der Waals surface area contributed by atoms with Crippen molar-refractivity contribution in [2.45, 2.75) is 19.5 Å². The van der Waals surface area contributed by atoms with Crippen molar-refractivity contribution >= 4 is 5.91 Å². The summed E-state index contributed by atoms with van der Waals surface area (Å²) < 4.78 is 5.14. The molecular weight excluding hydrogens is 282 g/mol. The summed E-state index contributed by atoms with van der Waals surface area (Å²) in [4.78, 5) is 22.0. The van der Waals surface area contributed by atoms with Gasteiger partial charge in [-0.15, -0.1) is 0 Å². The second-order valence-corrected chi connectivity index (χ2v) is 5.19. The number of benzene rings is 1. The fourth-order valence-electron chi connectivity index (χ4n) is 2.48. The Hall–Kier alpha value is -2.47. The molecule has 1 aliphatic rings. The molecule has 0 saturated carbocycles. The number of hydrogen-bond donors (Lipinski definition) is 1. The van der Waals surface area contributed by atoms with Crippen LogP contribution in [-0.4, -0.2) is 39.6 Å². The number of carbonyl (C=O) groups is 1. The molecule has 2 aromatic rings. The number of hydrogen-bond acceptors (Lipinski definition) is 5. The summed E-state index contributed by atoms with van der Waals surface area (Å²) in [5.41, 5.74) is 2.91. The Kier molecular flexibility index (Phi) is 4.02. The molecule has 0 spiro atoms. The van der Waals surface area contributed by atoms with E-state index in [0.29, 0.717) is 19.5 Å². The summed E-state index contributed by atoms with van der Waals surface area (Å²) in [7, 11) is 1.64. The van der Waals surface area contributed by atoms with Gasteiger partial charge in [0.25, 0.3) is 0 Å². The first-order chi connectivity index (χ1) is 10.7. The van der Waals surface area contributed by atoms with Gasteiger partial charge in [0.05, 0.1) is 19.3 Å². The number of nitrogens with zero attached hydrogens (tertiary/aromatic N) is 3. The van der Waals surface area contributed by atoms with Gasteiger partial charge >= 0.3 is 0 Å². The highest BCUT2D eigenvalue weighted by molar-refractivity contribution is 5.77. The molecule has 0 radical (unpaired) electrons. The van der Waals surface area contributed by atoms with Gasteiger partial charge in [-0.2, -0.15) is 0 Å². The van der Waals surface area contributed by atoms with E-state index in [-0.39, 0.29) is 5.91 Å². The molecule has 0 unspecified atom stereocenters. The Balaban J connectivity index is 1.73. The summed E-state index contributed by atoms with van der Waals surface area (Å²) in [5, 5.41) is 8.93. The second kappa shape index (κ2) is 6.11. The molecule has 0 saturated heterocycles. The van der Waals surface area contributed by atoms with Crippen molar-refractivity contribution in [1.82, 2.24) is 14.9 Å². The Morgan fingerprint density at radius 1 is 1.32 bits per heavy atom. The third kappa shape index (κ3) is 2.92. The van der Waals surface area contributed by atoms with Crippen molar-refractivity contribution in [3.8, 4) is 5.75 Å². The minimum atomic E-state index is -0.472. The van der Waals surface area contributed by atoms with Crippen LogP contribution in [0.5, 0.6) is 5.75 Å². The molecule has 1 aromatic heterocycles. The molecule has 0 fully saturated rings. The summed E-state index contributed by atoms with van der Waals surface area (Å²) in [5.74, 6) is 1.26. The average Bonchev–Trinajstić information content (AvgIpc) is 2.98. The third-order valence-corrected chi connectivity index (χ3v) is 3.72. The van der Waals surface area contributed by atoms with Crippen LogP contribution < -0.4 is 4.74 Å². The molecule has 0 aliphatic carbocycles. The number of aromatic nitrogens is 2. The third-order valence-electron chi connectivity index (χ3n) is 3.72. The SMILES string of the molecule is COc1ccc(Cc2ncc3c(n2)CN(C(=O)CO)C3)cc1. The van der Waals surface area contributed by atoms with E-state index in [1.807, 2.05) is 24.3 Å². The van der Waals surface area contributed by atoms with Gasteiger partial charge in [0.1, 0.15) is 18.2 Å². The lowest BCUT2D eigenvalue weighted by molar-refractivity contribution is -0.134. The van der Waals surface area contributed by atoms with Gasteiger partial charge in [-0.25, -0.2) is 9.97 Å². The maximum Gasteiger partial charge on any atom is 0.248 e. The number of aliphatic hydroxyl groups is 1. The first-order valence-corrected chi connectivity index (χ1v) is 7.05. The van der Waals surface area contributed by atoms with Gasteiger partial charge < -0.3 is 14.7 Å². The maximum atomic E-state index is 11.5. The van der Waals surface area contributed by atoms with E-state index in [1.165, 1.54) is 0 Å². The molecular formula is C16H17N3O3. The number of ether oxygens (including phenoxy) is 1. The van der Waals surface area contributed by atoms with Crippen LogP contribution in [0.25, 0.3) is 0 Å². The first-order valence-electron chi connectivity index (χ1n) is 7.05. The van der Waals surface area contributed by atoms with Crippen LogP contribution in [0.3, 0.4) is 0 Å². The van der Waals surface area contributed by atoms with E-state index in [0.717, 1.165) is 28.4 Å². The van der Waals surface area contributed by atoms with Gasteiger partial charge in [-0.1, -0.05) is 12.1 Å². The lowest BCUT2D eigenvalue weighted by Crippen LogP contribution is -2.27. The highest BCUT2D eigenvalue weighted by Gasteiger charge is 2.24. The Morgan fingerprint density at radius 2 is 2.09 bits per heavy atom. The zero-order chi connectivity index (χ0) is 15.5. The number of aliphatic hydroxyl groups excluding tert-OH is 1. The van der Waals surface area contributed by atoms with Gasteiger partial charge in [0, 0.05) is 24.7 Å². The van der Waals surface area contributed by atoms with Crippen molar-refractivity contribution in [3.05, 3.63) is 53.1 Å². The number of methoxy groups -OCH3 is 1. The summed E-state index contributed by atoms with van der Waals surface area (Å²) in [6.07, 6.45) is 2.40. The van der Waals surface area contributed by atoms with Gasteiger partial charge in [0.15, 0.2) is 0 Å². The predicted octanol–water partition coefficient (Wildman–Crippen LogP) is 0.910. The van der Waals surface area contributed by atoms with Crippen LogP contribution in [0.15, 0.2) is 30.5 Å². The molecule has 6 nitrogen and oxygen atoms in total.